The summed E-state index contributed by atoms with van der Waals surface area (Å²) >= 11 is 0. The van der Waals surface area contributed by atoms with E-state index in [1.165, 1.54) is 41.7 Å². The van der Waals surface area contributed by atoms with Crippen LogP contribution in [0.15, 0.2) is 47.4 Å². The predicted octanol–water partition coefficient (Wildman–Crippen LogP) is 3.50. The number of carbonyl (C=O) groups is 1. The summed E-state index contributed by atoms with van der Waals surface area (Å²) in [6.07, 6.45) is 2.68. The Morgan fingerprint density at radius 3 is 2.38 bits per heavy atom. The van der Waals surface area contributed by atoms with Gasteiger partial charge in [0, 0.05) is 13.1 Å². The summed E-state index contributed by atoms with van der Waals surface area (Å²) in [7, 11) is -2.25. The SMILES string of the molecule is COc1ccc(S(=O)(=O)N2CCCCC2)cc1C(=O)N[C@@H](C)c1ccc(F)cc1. The topological polar surface area (TPSA) is 75.7 Å². The number of amides is 1. The summed E-state index contributed by atoms with van der Waals surface area (Å²) in [6.45, 7) is 2.74. The molecular weight excluding hydrogens is 395 g/mol. The quantitative estimate of drug-likeness (QED) is 0.776. The Bertz CT molecular complexity index is 971. The zero-order valence-electron chi connectivity index (χ0n) is 16.5. The maximum atomic E-state index is 13.1. The first-order chi connectivity index (χ1) is 13.8. The Balaban J connectivity index is 1.86. The van der Waals surface area contributed by atoms with E-state index in [2.05, 4.69) is 5.32 Å². The van der Waals surface area contributed by atoms with Gasteiger partial charge in [0.1, 0.15) is 11.6 Å². The number of ether oxygens (including phenoxy) is 1. The van der Waals surface area contributed by atoms with Crippen molar-refractivity contribution < 1.29 is 22.3 Å². The van der Waals surface area contributed by atoms with Crippen LogP contribution in [0.3, 0.4) is 0 Å². The molecule has 1 heterocycles. The van der Waals surface area contributed by atoms with Crippen LogP contribution < -0.4 is 10.1 Å². The second kappa shape index (κ2) is 8.92. The maximum Gasteiger partial charge on any atom is 0.255 e. The highest BCUT2D eigenvalue weighted by molar-refractivity contribution is 7.89. The Morgan fingerprint density at radius 1 is 1.10 bits per heavy atom. The molecule has 29 heavy (non-hydrogen) atoms. The van der Waals surface area contributed by atoms with Crippen LogP contribution in [-0.4, -0.2) is 38.8 Å². The first-order valence-electron chi connectivity index (χ1n) is 9.57. The number of rotatable bonds is 6. The van der Waals surface area contributed by atoms with Gasteiger partial charge in [-0.25, -0.2) is 12.8 Å². The van der Waals surface area contributed by atoms with Crippen molar-refractivity contribution in [1.82, 2.24) is 9.62 Å². The van der Waals surface area contributed by atoms with E-state index >= 15 is 0 Å². The fourth-order valence-electron chi connectivity index (χ4n) is 3.39. The Morgan fingerprint density at radius 2 is 1.76 bits per heavy atom. The fraction of sp³-hybridized carbons (Fsp3) is 0.381. The zero-order chi connectivity index (χ0) is 21.0. The molecule has 1 aliphatic rings. The lowest BCUT2D eigenvalue weighted by Crippen LogP contribution is -2.35. The fourth-order valence-corrected chi connectivity index (χ4v) is 4.93. The third-order valence-electron chi connectivity index (χ3n) is 5.09. The predicted molar refractivity (Wildman–Crippen MR) is 108 cm³/mol. The highest BCUT2D eigenvalue weighted by Crippen LogP contribution is 2.27. The van der Waals surface area contributed by atoms with Gasteiger partial charge < -0.3 is 10.1 Å². The van der Waals surface area contributed by atoms with Gasteiger partial charge in [0.2, 0.25) is 10.0 Å². The standard InChI is InChI=1S/C21H25FN2O4S/c1-15(16-6-8-17(22)9-7-16)23-21(25)19-14-18(10-11-20(19)28-2)29(26,27)24-12-4-3-5-13-24/h6-11,14-15H,3-5,12-13H2,1-2H3,(H,23,25)/t15-/m0/s1. The molecule has 8 heteroatoms. The molecule has 2 aromatic rings. The molecule has 3 rings (SSSR count). The summed E-state index contributed by atoms with van der Waals surface area (Å²) in [5.74, 6) is -0.537. The van der Waals surface area contributed by atoms with Crippen molar-refractivity contribution in [2.45, 2.75) is 37.1 Å². The molecule has 1 saturated heterocycles. The second-order valence-electron chi connectivity index (χ2n) is 7.07. The van der Waals surface area contributed by atoms with Crippen molar-refractivity contribution in [3.8, 4) is 5.75 Å². The molecule has 0 saturated carbocycles. The van der Waals surface area contributed by atoms with Crippen LogP contribution in [0.25, 0.3) is 0 Å². The van der Waals surface area contributed by atoms with Gasteiger partial charge in [-0.05, 0) is 55.7 Å². The number of piperidine rings is 1. The lowest BCUT2D eigenvalue weighted by Gasteiger charge is -2.26. The number of nitrogens with one attached hydrogen (secondary N) is 1. The monoisotopic (exact) mass is 420 g/mol. The van der Waals surface area contributed by atoms with Gasteiger partial charge in [-0.15, -0.1) is 0 Å². The van der Waals surface area contributed by atoms with Crippen LogP contribution >= 0.6 is 0 Å². The van der Waals surface area contributed by atoms with Gasteiger partial charge in [0.05, 0.1) is 23.6 Å². The van der Waals surface area contributed by atoms with Crippen LogP contribution in [0.5, 0.6) is 5.75 Å². The number of halogens is 1. The molecule has 0 unspecified atom stereocenters. The van der Waals surface area contributed by atoms with Crippen molar-refractivity contribution >= 4 is 15.9 Å². The highest BCUT2D eigenvalue weighted by atomic mass is 32.2. The summed E-state index contributed by atoms with van der Waals surface area (Å²) < 4.78 is 45.8. The first kappa shape index (κ1) is 21.3. The molecule has 1 amide bonds. The maximum absolute atomic E-state index is 13.1. The zero-order valence-corrected chi connectivity index (χ0v) is 17.3. The van der Waals surface area contributed by atoms with Crippen LogP contribution in [0.1, 0.15) is 48.1 Å². The van der Waals surface area contributed by atoms with E-state index in [-0.39, 0.29) is 22.0 Å². The smallest absolute Gasteiger partial charge is 0.255 e. The molecule has 156 valence electrons. The second-order valence-corrected chi connectivity index (χ2v) is 9.01. The highest BCUT2D eigenvalue weighted by Gasteiger charge is 2.28. The molecular formula is C21H25FN2O4S. The van der Waals surface area contributed by atoms with Crippen LogP contribution in [0, 0.1) is 5.82 Å². The molecule has 0 spiro atoms. The number of hydrogen-bond donors (Lipinski definition) is 1. The summed E-state index contributed by atoms with van der Waals surface area (Å²) in [5.41, 5.74) is 0.871. The van der Waals surface area contributed by atoms with Gasteiger partial charge in [-0.1, -0.05) is 18.6 Å². The van der Waals surface area contributed by atoms with E-state index in [4.69, 9.17) is 4.74 Å². The summed E-state index contributed by atoms with van der Waals surface area (Å²) in [4.78, 5) is 12.9. The van der Waals surface area contributed by atoms with Crippen molar-refractivity contribution in [3.63, 3.8) is 0 Å². The Labute approximate surface area is 170 Å². The number of carbonyl (C=O) groups excluding carboxylic acids is 1. The van der Waals surface area contributed by atoms with Crippen LogP contribution in [-0.2, 0) is 10.0 Å². The number of hydrogen-bond acceptors (Lipinski definition) is 4. The molecule has 0 bridgehead atoms. The molecule has 0 radical (unpaired) electrons. The molecule has 2 aromatic carbocycles. The van der Waals surface area contributed by atoms with Crippen LogP contribution in [0.2, 0.25) is 0 Å². The Hall–Kier alpha value is -2.45. The first-order valence-corrected chi connectivity index (χ1v) is 11.0. The van der Waals surface area contributed by atoms with E-state index in [0.717, 1.165) is 24.8 Å². The van der Waals surface area contributed by atoms with Crippen molar-refractivity contribution in [2.75, 3.05) is 20.2 Å². The van der Waals surface area contributed by atoms with Gasteiger partial charge in [-0.3, -0.25) is 4.79 Å². The molecule has 1 N–H and O–H groups in total. The molecule has 1 atom stereocenters. The van der Waals surface area contributed by atoms with E-state index < -0.39 is 22.0 Å². The van der Waals surface area contributed by atoms with E-state index in [1.807, 2.05) is 0 Å². The average Bonchev–Trinajstić information content (AvgIpc) is 2.74. The van der Waals surface area contributed by atoms with Crippen LogP contribution in [0.4, 0.5) is 4.39 Å². The number of methoxy groups -OCH3 is 1. The third kappa shape index (κ3) is 4.76. The lowest BCUT2D eigenvalue weighted by molar-refractivity contribution is 0.0936. The molecule has 0 aromatic heterocycles. The minimum atomic E-state index is -3.67. The van der Waals surface area contributed by atoms with Crippen molar-refractivity contribution in [1.29, 1.82) is 0 Å². The number of nitrogens with zero attached hydrogens (tertiary/aromatic N) is 1. The molecule has 1 aliphatic heterocycles. The normalized spacial score (nSPS) is 16.2. The molecule has 0 aliphatic carbocycles. The summed E-state index contributed by atoms with van der Waals surface area (Å²) in [6, 6.07) is 9.75. The van der Waals surface area contributed by atoms with Crippen molar-refractivity contribution in [3.05, 3.63) is 59.4 Å². The minimum absolute atomic E-state index is 0.0692. The van der Waals surface area contributed by atoms with E-state index in [0.29, 0.717) is 13.1 Å². The lowest BCUT2D eigenvalue weighted by atomic mass is 10.1. The third-order valence-corrected chi connectivity index (χ3v) is 6.98. The average molecular weight is 421 g/mol. The largest absolute Gasteiger partial charge is 0.496 e. The number of sulfonamides is 1. The van der Waals surface area contributed by atoms with E-state index in [1.54, 1.807) is 19.1 Å². The number of benzene rings is 2. The van der Waals surface area contributed by atoms with E-state index in [9.17, 15) is 17.6 Å². The van der Waals surface area contributed by atoms with Crippen molar-refractivity contribution in [2.24, 2.45) is 0 Å². The Kier molecular flexibility index (Phi) is 6.54. The van der Waals surface area contributed by atoms with Gasteiger partial charge >= 0.3 is 0 Å². The van der Waals surface area contributed by atoms with Gasteiger partial charge in [0.15, 0.2) is 0 Å². The van der Waals surface area contributed by atoms with Gasteiger partial charge in [-0.2, -0.15) is 4.31 Å². The molecule has 1 fully saturated rings. The minimum Gasteiger partial charge on any atom is -0.496 e. The van der Waals surface area contributed by atoms with Gasteiger partial charge in [0.25, 0.3) is 5.91 Å². The molecule has 6 nitrogen and oxygen atoms in total. The summed E-state index contributed by atoms with van der Waals surface area (Å²) in [5, 5.41) is 2.82.